The Hall–Kier alpha value is -3.42. The van der Waals surface area contributed by atoms with E-state index in [-0.39, 0.29) is 13.2 Å². The number of carbonyl (C=O) groups excluding carboxylic acids is 2. The van der Waals surface area contributed by atoms with Crippen molar-refractivity contribution < 1.29 is 28.5 Å². The second kappa shape index (κ2) is 8.52. The molecule has 2 aromatic carbocycles. The smallest absolute Gasteiger partial charge is 0.309 e. The van der Waals surface area contributed by atoms with Gasteiger partial charge in [-0.15, -0.1) is 0 Å². The minimum Gasteiger partial charge on any atom is -0.486 e. The van der Waals surface area contributed by atoms with Crippen molar-refractivity contribution in [1.29, 1.82) is 0 Å². The Balaban J connectivity index is 1.28. The van der Waals surface area contributed by atoms with Crippen molar-refractivity contribution in [2.24, 2.45) is 0 Å². The third kappa shape index (κ3) is 4.27. The summed E-state index contributed by atoms with van der Waals surface area (Å²) in [6, 6.07) is 13.8. The Kier molecular flexibility index (Phi) is 5.65. The first-order chi connectivity index (χ1) is 14.5. The summed E-state index contributed by atoms with van der Waals surface area (Å²) in [6.07, 6.45) is -0.804. The summed E-state index contributed by atoms with van der Waals surface area (Å²) in [5.41, 5.74) is 0. The van der Waals surface area contributed by atoms with Gasteiger partial charge in [-0.1, -0.05) is 24.3 Å². The molecule has 2 heterocycles. The third-order valence-electron chi connectivity index (χ3n) is 5.10. The number of fused-ring (bicyclic) bond motifs is 2. The average Bonchev–Trinajstić information content (AvgIpc) is 2.78. The molecule has 0 bridgehead atoms. The molecule has 2 N–H and O–H groups in total. The predicted molar refractivity (Wildman–Crippen MR) is 108 cm³/mol. The Morgan fingerprint density at radius 2 is 1.10 bits per heavy atom. The normalized spacial score (nSPS) is 21.1. The van der Waals surface area contributed by atoms with E-state index < -0.39 is 36.1 Å². The Morgan fingerprint density at radius 1 is 0.733 bits per heavy atom. The van der Waals surface area contributed by atoms with E-state index >= 15 is 0 Å². The highest BCUT2D eigenvalue weighted by Gasteiger charge is 2.31. The lowest BCUT2D eigenvalue weighted by Gasteiger charge is -2.31. The van der Waals surface area contributed by atoms with E-state index in [0.29, 0.717) is 23.0 Å². The lowest BCUT2D eigenvalue weighted by Crippen LogP contribution is -2.55. The summed E-state index contributed by atoms with van der Waals surface area (Å²) < 4.78 is 23.1. The molecular formula is C22H24N2O6. The van der Waals surface area contributed by atoms with Gasteiger partial charge in [0.2, 0.25) is 0 Å². The molecule has 8 nitrogen and oxygen atoms in total. The summed E-state index contributed by atoms with van der Waals surface area (Å²) >= 11 is 0. The van der Waals surface area contributed by atoms with Crippen LogP contribution in [0.5, 0.6) is 23.0 Å². The van der Waals surface area contributed by atoms with Crippen molar-refractivity contribution >= 4 is 11.8 Å². The van der Waals surface area contributed by atoms with Crippen LogP contribution in [0.15, 0.2) is 48.5 Å². The Labute approximate surface area is 174 Å². The van der Waals surface area contributed by atoms with Crippen molar-refractivity contribution in [2.45, 2.75) is 38.1 Å². The van der Waals surface area contributed by atoms with Crippen molar-refractivity contribution in [3.05, 3.63) is 48.5 Å². The Morgan fingerprint density at radius 3 is 1.50 bits per heavy atom. The van der Waals surface area contributed by atoms with Gasteiger partial charge in [0.05, 0.1) is 12.1 Å². The van der Waals surface area contributed by atoms with Crippen molar-refractivity contribution in [2.75, 3.05) is 13.2 Å². The molecule has 0 aliphatic carbocycles. The number of hydrogen-bond donors (Lipinski definition) is 2. The van der Waals surface area contributed by atoms with Crippen LogP contribution in [0.1, 0.15) is 13.8 Å². The quantitative estimate of drug-likeness (QED) is 0.742. The zero-order chi connectivity index (χ0) is 21.1. The van der Waals surface area contributed by atoms with Crippen LogP contribution in [0, 0.1) is 0 Å². The van der Waals surface area contributed by atoms with Gasteiger partial charge in [0.25, 0.3) is 0 Å². The standard InChI is InChI=1S/C22H24N2O6/c1-13(19-11-27-15-7-3-5-9-17(15)29-19)23-21(25)22(26)24-14(2)20-12-28-16-8-4-6-10-18(16)30-20/h3-10,13-14,19-20H,11-12H2,1-2H3,(H,23,25)(H,24,26)/t13-,14-,19-,20-/m0/s1. The second-order valence-electron chi connectivity index (χ2n) is 7.35. The minimum atomic E-state index is -0.742. The van der Waals surface area contributed by atoms with Gasteiger partial charge < -0.3 is 29.6 Å². The maximum Gasteiger partial charge on any atom is 0.309 e. The summed E-state index contributed by atoms with van der Waals surface area (Å²) in [4.78, 5) is 24.7. The molecule has 0 saturated carbocycles. The SMILES string of the molecule is C[C@H](NC(=O)C(=O)N[C@@H](C)[C@@H]1COc2ccccc2O1)[C@@H]1COc2ccccc2O1. The molecule has 30 heavy (non-hydrogen) atoms. The molecule has 4 rings (SSSR count). The summed E-state index contributed by atoms with van der Waals surface area (Å²) in [6.45, 7) is 4.10. The van der Waals surface area contributed by atoms with E-state index in [1.165, 1.54) is 0 Å². The number of rotatable bonds is 4. The molecular weight excluding hydrogens is 388 g/mol. The molecule has 2 amide bonds. The van der Waals surface area contributed by atoms with Crippen molar-refractivity contribution in [3.8, 4) is 23.0 Å². The highest BCUT2D eigenvalue weighted by molar-refractivity contribution is 6.35. The van der Waals surface area contributed by atoms with E-state index in [1.54, 1.807) is 26.0 Å². The number of ether oxygens (including phenoxy) is 4. The van der Waals surface area contributed by atoms with Crippen LogP contribution in [0.4, 0.5) is 0 Å². The molecule has 8 heteroatoms. The number of benzene rings is 2. The molecule has 2 aliphatic rings. The highest BCUT2D eigenvalue weighted by Crippen LogP contribution is 2.32. The molecule has 0 aromatic heterocycles. The fourth-order valence-corrected chi connectivity index (χ4v) is 3.29. The predicted octanol–water partition coefficient (Wildman–Crippen LogP) is 1.68. The van der Waals surface area contributed by atoms with Gasteiger partial charge >= 0.3 is 11.8 Å². The van der Waals surface area contributed by atoms with E-state index in [1.807, 2.05) is 36.4 Å². The van der Waals surface area contributed by atoms with Gasteiger partial charge in [-0.05, 0) is 38.1 Å². The topological polar surface area (TPSA) is 95.1 Å². The molecule has 0 fully saturated rings. The first-order valence-corrected chi connectivity index (χ1v) is 9.89. The van der Waals surface area contributed by atoms with Crippen LogP contribution in [-0.2, 0) is 9.59 Å². The van der Waals surface area contributed by atoms with Crippen LogP contribution >= 0.6 is 0 Å². The average molecular weight is 412 g/mol. The van der Waals surface area contributed by atoms with E-state index in [2.05, 4.69) is 10.6 Å². The van der Waals surface area contributed by atoms with Gasteiger partial charge in [0.15, 0.2) is 35.2 Å². The fourth-order valence-electron chi connectivity index (χ4n) is 3.29. The molecule has 0 unspecified atom stereocenters. The largest absolute Gasteiger partial charge is 0.486 e. The van der Waals surface area contributed by atoms with Crippen LogP contribution < -0.4 is 29.6 Å². The molecule has 2 aliphatic heterocycles. The lowest BCUT2D eigenvalue weighted by atomic mass is 10.1. The zero-order valence-electron chi connectivity index (χ0n) is 16.8. The van der Waals surface area contributed by atoms with E-state index in [9.17, 15) is 9.59 Å². The molecule has 4 atom stereocenters. The first-order valence-electron chi connectivity index (χ1n) is 9.89. The minimum absolute atomic E-state index is 0.281. The first kappa shape index (κ1) is 19.9. The van der Waals surface area contributed by atoms with Crippen molar-refractivity contribution in [3.63, 3.8) is 0 Å². The fraction of sp³-hybridized carbons (Fsp3) is 0.364. The highest BCUT2D eigenvalue weighted by atomic mass is 16.6. The zero-order valence-corrected chi connectivity index (χ0v) is 16.8. The van der Waals surface area contributed by atoms with E-state index in [0.717, 1.165) is 0 Å². The number of amides is 2. The molecule has 0 saturated heterocycles. The molecule has 158 valence electrons. The van der Waals surface area contributed by atoms with Gasteiger partial charge in [-0.3, -0.25) is 9.59 Å². The summed E-state index contributed by atoms with van der Waals surface area (Å²) in [5.74, 6) is 1.07. The maximum absolute atomic E-state index is 12.4. The van der Waals surface area contributed by atoms with Crippen LogP contribution in [-0.4, -0.2) is 49.3 Å². The van der Waals surface area contributed by atoms with Gasteiger partial charge in [-0.25, -0.2) is 0 Å². The van der Waals surface area contributed by atoms with Gasteiger partial charge in [0.1, 0.15) is 13.2 Å². The van der Waals surface area contributed by atoms with Crippen molar-refractivity contribution in [1.82, 2.24) is 10.6 Å². The number of carbonyl (C=O) groups is 2. The van der Waals surface area contributed by atoms with E-state index in [4.69, 9.17) is 18.9 Å². The monoisotopic (exact) mass is 412 g/mol. The Bertz CT molecular complexity index is 858. The van der Waals surface area contributed by atoms with Gasteiger partial charge in [-0.2, -0.15) is 0 Å². The second-order valence-corrected chi connectivity index (χ2v) is 7.35. The molecule has 0 spiro atoms. The lowest BCUT2D eigenvalue weighted by molar-refractivity contribution is -0.140. The van der Waals surface area contributed by atoms with Gasteiger partial charge in [0, 0.05) is 0 Å². The summed E-state index contributed by atoms with van der Waals surface area (Å²) in [7, 11) is 0. The summed E-state index contributed by atoms with van der Waals surface area (Å²) in [5, 5.41) is 5.35. The van der Waals surface area contributed by atoms with Crippen LogP contribution in [0.3, 0.4) is 0 Å². The van der Waals surface area contributed by atoms with Crippen LogP contribution in [0.25, 0.3) is 0 Å². The number of para-hydroxylation sites is 4. The molecule has 2 aromatic rings. The van der Waals surface area contributed by atoms with Crippen LogP contribution in [0.2, 0.25) is 0 Å². The third-order valence-corrected chi connectivity index (χ3v) is 5.10. The molecule has 0 radical (unpaired) electrons. The maximum atomic E-state index is 12.4. The number of nitrogens with one attached hydrogen (secondary N) is 2. The number of hydrogen-bond acceptors (Lipinski definition) is 6.